The predicted molar refractivity (Wildman–Crippen MR) is 87.2 cm³/mol. The number of fused-ring (bicyclic) bond motifs is 1. The second-order valence-electron chi connectivity index (χ2n) is 5.64. The first kappa shape index (κ1) is 16.5. The van der Waals surface area contributed by atoms with Crippen LogP contribution in [0.2, 0.25) is 0 Å². The summed E-state index contributed by atoms with van der Waals surface area (Å²) in [6, 6.07) is 6.47. The van der Waals surface area contributed by atoms with E-state index in [9.17, 15) is 19.2 Å². The van der Waals surface area contributed by atoms with E-state index in [4.69, 9.17) is 10.5 Å². The average Bonchev–Trinajstić information content (AvgIpc) is 2.59. The zero-order valence-electron chi connectivity index (χ0n) is 13.4. The van der Waals surface area contributed by atoms with Gasteiger partial charge in [-0.1, -0.05) is 24.3 Å². The van der Waals surface area contributed by atoms with Crippen molar-refractivity contribution >= 4 is 11.8 Å². The molecular weight excluding hydrogens is 328 g/mol. The molecule has 1 aliphatic rings. The highest BCUT2D eigenvalue weighted by Gasteiger charge is 2.35. The second-order valence-corrected chi connectivity index (χ2v) is 5.64. The smallest absolute Gasteiger partial charge is 0.326 e. The lowest BCUT2D eigenvalue weighted by Gasteiger charge is -2.35. The summed E-state index contributed by atoms with van der Waals surface area (Å²) in [5.74, 6) is -1.71. The van der Waals surface area contributed by atoms with Crippen LogP contribution in [0.3, 0.4) is 0 Å². The number of H-pyrrole nitrogens is 2. The molecule has 1 aromatic carbocycles. The minimum atomic E-state index is -0.894. The molecule has 2 aromatic rings. The van der Waals surface area contributed by atoms with Crippen LogP contribution in [0, 0.1) is 0 Å². The van der Waals surface area contributed by atoms with E-state index < -0.39 is 29.1 Å². The molecule has 1 aromatic heterocycles. The van der Waals surface area contributed by atoms with Gasteiger partial charge in [0.1, 0.15) is 6.04 Å². The SMILES string of the molecule is COc1c(C(=O)N2Cc3ccccc3C[C@H]2C(N)=O)[nH]c(=O)[nH]c1=O. The fourth-order valence-electron chi connectivity index (χ4n) is 2.95. The number of methoxy groups -OCH3 is 1. The number of benzene rings is 1. The molecule has 0 fully saturated rings. The van der Waals surface area contributed by atoms with Gasteiger partial charge >= 0.3 is 5.69 Å². The van der Waals surface area contributed by atoms with Crippen LogP contribution < -0.4 is 21.7 Å². The quantitative estimate of drug-likeness (QED) is 0.664. The third kappa shape index (κ3) is 2.91. The first-order chi connectivity index (χ1) is 11.9. The number of hydrogen-bond acceptors (Lipinski definition) is 5. The molecule has 0 aliphatic carbocycles. The van der Waals surface area contributed by atoms with Gasteiger partial charge in [0.15, 0.2) is 5.69 Å². The Morgan fingerprint density at radius 1 is 1.20 bits per heavy atom. The van der Waals surface area contributed by atoms with Crippen molar-refractivity contribution in [1.29, 1.82) is 0 Å². The summed E-state index contributed by atoms with van der Waals surface area (Å²) >= 11 is 0. The fraction of sp³-hybridized carbons (Fsp3) is 0.250. The number of rotatable bonds is 3. The molecule has 9 heteroatoms. The summed E-state index contributed by atoms with van der Waals surface area (Å²) in [4.78, 5) is 53.6. The molecule has 1 aliphatic heterocycles. The van der Waals surface area contributed by atoms with Crippen LogP contribution in [0.25, 0.3) is 0 Å². The molecule has 0 unspecified atom stereocenters. The van der Waals surface area contributed by atoms with Gasteiger partial charge in [0.05, 0.1) is 7.11 Å². The van der Waals surface area contributed by atoms with Crippen LogP contribution in [0.4, 0.5) is 0 Å². The molecule has 0 spiro atoms. The molecule has 2 amide bonds. The molecular formula is C16H16N4O5. The number of hydrogen-bond donors (Lipinski definition) is 3. The number of aromatic nitrogens is 2. The summed E-state index contributed by atoms with van der Waals surface area (Å²) in [6.07, 6.45) is 0.257. The monoisotopic (exact) mass is 344 g/mol. The van der Waals surface area contributed by atoms with E-state index >= 15 is 0 Å². The van der Waals surface area contributed by atoms with Gasteiger partial charge in [-0.25, -0.2) is 4.79 Å². The van der Waals surface area contributed by atoms with Gasteiger partial charge in [-0.15, -0.1) is 0 Å². The zero-order chi connectivity index (χ0) is 18.1. The molecule has 25 heavy (non-hydrogen) atoms. The number of nitrogens with zero attached hydrogens (tertiary/aromatic N) is 1. The fourth-order valence-corrected chi connectivity index (χ4v) is 2.95. The summed E-state index contributed by atoms with van der Waals surface area (Å²) < 4.78 is 4.93. The number of nitrogens with two attached hydrogens (primary N) is 1. The number of ether oxygens (including phenoxy) is 1. The highest BCUT2D eigenvalue weighted by molar-refractivity contribution is 5.98. The van der Waals surface area contributed by atoms with Crippen molar-refractivity contribution in [2.75, 3.05) is 7.11 Å². The van der Waals surface area contributed by atoms with Crippen LogP contribution in [0.5, 0.6) is 5.75 Å². The van der Waals surface area contributed by atoms with Crippen LogP contribution in [0.1, 0.15) is 21.6 Å². The third-order valence-corrected chi connectivity index (χ3v) is 4.15. The molecule has 4 N–H and O–H groups in total. The van der Waals surface area contributed by atoms with E-state index in [1.54, 1.807) is 0 Å². The molecule has 0 radical (unpaired) electrons. The molecule has 3 rings (SSSR count). The Morgan fingerprint density at radius 3 is 2.52 bits per heavy atom. The van der Waals surface area contributed by atoms with Gasteiger partial charge < -0.3 is 15.4 Å². The Morgan fingerprint density at radius 2 is 1.88 bits per heavy atom. The highest BCUT2D eigenvalue weighted by Crippen LogP contribution is 2.25. The molecule has 0 bridgehead atoms. The van der Waals surface area contributed by atoms with E-state index in [0.717, 1.165) is 11.1 Å². The van der Waals surface area contributed by atoms with Crippen LogP contribution in [-0.4, -0.2) is 39.8 Å². The Hall–Kier alpha value is -3.36. The van der Waals surface area contributed by atoms with E-state index in [1.807, 2.05) is 29.2 Å². The number of aromatic amines is 2. The Labute approximate surface area is 141 Å². The Balaban J connectivity index is 2.08. The first-order valence-corrected chi connectivity index (χ1v) is 7.50. The Kier molecular flexibility index (Phi) is 4.14. The standard InChI is InChI=1S/C16H16N4O5/c1-25-12-11(18-16(24)19-14(12)22)15(23)20-7-9-5-3-2-4-8(9)6-10(20)13(17)21/h2-5,10H,6-7H2,1H3,(H2,17,21)(H2,18,19,22,24)/t10-/m0/s1. The van der Waals surface area contributed by atoms with Crippen molar-refractivity contribution in [1.82, 2.24) is 14.9 Å². The minimum Gasteiger partial charge on any atom is -0.489 e. The molecule has 0 saturated heterocycles. The van der Waals surface area contributed by atoms with Gasteiger partial charge in [0.25, 0.3) is 11.5 Å². The number of amides is 2. The first-order valence-electron chi connectivity index (χ1n) is 7.50. The molecule has 9 nitrogen and oxygen atoms in total. The van der Waals surface area contributed by atoms with E-state index in [0.29, 0.717) is 0 Å². The summed E-state index contributed by atoms with van der Waals surface area (Å²) in [5.41, 5.74) is 5.24. The Bertz CT molecular complexity index is 961. The van der Waals surface area contributed by atoms with Gasteiger partial charge in [-0.05, 0) is 11.1 Å². The summed E-state index contributed by atoms with van der Waals surface area (Å²) in [5, 5.41) is 0. The van der Waals surface area contributed by atoms with Crippen molar-refractivity contribution in [2.45, 2.75) is 19.0 Å². The minimum absolute atomic E-state index is 0.126. The molecule has 0 saturated carbocycles. The number of carbonyl (C=O) groups is 2. The highest BCUT2D eigenvalue weighted by atomic mass is 16.5. The van der Waals surface area contributed by atoms with Gasteiger partial charge in [-0.3, -0.25) is 24.4 Å². The maximum atomic E-state index is 12.9. The normalized spacial score (nSPS) is 16.2. The number of nitrogens with one attached hydrogen (secondary N) is 2. The van der Waals surface area contributed by atoms with Crippen molar-refractivity contribution in [3.8, 4) is 5.75 Å². The third-order valence-electron chi connectivity index (χ3n) is 4.15. The maximum absolute atomic E-state index is 12.9. The van der Waals surface area contributed by atoms with Crippen LogP contribution in [-0.2, 0) is 17.8 Å². The summed E-state index contributed by atoms with van der Waals surface area (Å²) in [6.45, 7) is 0.126. The van der Waals surface area contributed by atoms with Crippen LogP contribution in [0.15, 0.2) is 33.9 Å². The largest absolute Gasteiger partial charge is 0.489 e. The van der Waals surface area contributed by atoms with Crippen molar-refractivity contribution in [3.63, 3.8) is 0 Å². The summed E-state index contributed by atoms with van der Waals surface area (Å²) in [7, 11) is 1.21. The predicted octanol–water partition coefficient (Wildman–Crippen LogP) is -0.876. The topological polar surface area (TPSA) is 138 Å². The molecule has 130 valence electrons. The van der Waals surface area contributed by atoms with Crippen molar-refractivity contribution in [2.24, 2.45) is 5.73 Å². The second kappa shape index (κ2) is 6.27. The average molecular weight is 344 g/mol. The van der Waals surface area contributed by atoms with Gasteiger partial charge in [0.2, 0.25) is 11.7 Å². The lowest BCUT2D eigenvalue weighted by molar-refractivity contribution is -0.122. The number of carbonyl (C=O) groups excluding carboxylic acids is 2. The van der Waals surface area contributed by atoms with E-state index in [2.05, 4.69) is 4.98 Å². The van der Waals surface area contributed by atoms with Crippen LogP contribution >= 0.6 is 0 Å². The van der Waals surface area contributed by atoms with E-state index in [-0.39, 0.29) is 24.4 Å². The lowest BCUT2D eigenvalue weighted by Crippen LogP contribution is -2.51. The zero-order valence-corrected chi connectivity index (χ0v) is 13.4. The van der Waals surface area contributed by atoms with Gasteiger partial charge in [-0.2, -0.15) is 0 Å². The van der Waals surface area contributed by atoms with Crippen molar-refractivity contribution in [3.05, 3.63) is 61.9 Å². The lowest BCUT2D eigenvalue weighted by atomic mass is 9.93. The molecule has 2 heterocycles. The maximum Gasteiger partial charge on any atom is 0.326 e. The van der Waals surface area contributed by atoms with Gasteiger partial charge in [0, 0.05) is 13.0 Å². The molecule has 1 atom stereocenters. The van der Waals surface area contributed by atoms with E-state index in [1.165, 1.54) is 12.0 Å². The van der Waals surface area contributed by atoms with Crippen molar-refractivity contribution < 1.29 is 14.3 Å². The number of primary amides is 1.